The van der Waals surface area contributed by atoms with Crippen LogP contribution in [0.3, 0.4) is 0 Å². The standard InChI is InChI=1S/C18H24N2O5/c1-12(16(21)15-8-5-11-20(15)18(24)25)19-14(17(22)23)10-9-13-6-3-2-4-7-13/h2-4,6-7,12,14-15,19H,5,8-11H2,1H3,(H,22,23)(H,24,25)/t12-,14-,15+/m0/s1. The molecule has 0 bridgehead atoms. The number of aryl methyl sites for hydroxylation is 1. The Kier molecular flexibility index (Phi) is 6.52. The molecule has 7 heteroatoms. The summed E-state index contributed by atoms with van der Waals surface area (Å²) in [7, 11) is 0. The van der Waals surface area contributed by atoms with Gasteiger partial charge in [0.05, 0.1) is 12.1 Å². The van der Waals surface area contributed by atoms with E-state index >= 15 is 0 Å². The van der Waals surface area contributed by atoms with Crippen LogP contribution < -0.4 is 5.32 Å². The van der Waals surface area contributed by atoms with Crippen LogP contribution in [-0.2, 0) is 16.0 Å². The largest absolute Gasteiger partial charge is 0.480 e. The summed E-state index contributed by atoms with van der Waals surface area (Å²) in [5, 5.41) is 21.4. The Morgan fingerprint density at radius 1 is 1.24 bits per heavy atom. The molecule has 1 amide bonds. The average molecular weight is 348 g/mol. The zero-order chi connectivity index (χ0) is 18.4. The number of aliphatic carboxylic acids is 1. The minimum Gasteiger partial charge on any atom is -0.480 e. The molecule has 0 radical (unpaired) electrons. The predicted octanol–water partition coefficient (Wildman–Crippen LogP) is 1.76. The van der Waals surface area contributed by atoms with Crippen molar-refractivity contribution in [1.82, 2.24) is 10.2 Å². The van der Waals surface area contributed by atoms with Gasteiger partial charge in [-0.25, -0.2) is 4.79 Å². The first-order chi connectivity index (χ1) is 11.9. The fraction of sp³-hybridized carbons (Fsp3) is 0.500. The number of benzene rings is 1. The molecule has 7 nitrogen and oxygen atoms in total. The first-order valence-corrected chi connectivity index (χ1v) is 8.46. The van der Waals surface area contributed by atoms with Crippen LogP contribution in [0.2, 0.25) is 0 Å². The Morgan fingerprint density at radius 3 is 2.52 bits per heavy atom. The number of hydrogen-bond donors (Lipinski definition) is 3. The van der Waals surface area contributed by atoms with Crippen molar-refractivity contribution in [3.63, 3.8) is 0 Å². The van der Waals surface area contributed by atoms with E-state index < -0.39 is 30.2 Å². The molecule has 1 aliphatic rings. The van der Waals surface area contributed by atoms with Gasteiger partial charge in [0, 0.05) is 6.54 Å². The maximum atomic E-state index is 12.5. The number of rotatable bonds is 8. The maximum absolute atomic E-state index is 12.5. The van der Waals surface area contributed by atoms with E-state index in [1.807, 2.05) is 30.3 Å². The third kappa shape index (κ3) is 5.03. The number of ketones is 1. The lowest BCUT2D eigenvalue weighted by Gasteiger charge is -2.25. The highest BCUT2D eigenvalue weighted by molar-refractivity contribution is 5.92. The van der Waals surface area contributed by atoms with Crippen molar-refractivity contribution in [3.8, 4) is 0 Å². The van der Waals surface area contributed by atoms with Gasteiger partial charge in [-0.1, -0.05) is 30.3 Å². The number of carbonyl (C=O) groups excluding carboxylic acids is 1. The van der Waals surface area contributed by atoms with Crippen molar-refractivity contribution in [1.29, 1.82) is 0 Å². The van der Waals surface area contributed by atoms with Crippen LogP contribution in [0.15, 0.2) is 30.3 Å². The number of amides is 1. The van der Waals surface area contributed by atoms with Crippen molar-refractivity contribution in [2.75, 3.05) is 6.54 Å². The van der Waals surface area contributed by atoms with Gasteiger partial charge < -0.3 is 10.2 Å². The first kappa shape index (κ1) is 18.9. The molecular weight excluding hydrogens is 324 g/mol. The molecule has 136 valence electrons. The fourth-order valence-corrected chi connectivity index (χ4v) is 3.20. The maximum Gasteiger partial charge on any atom is 0.407 e. The van der Waals surface area contributed by atoms with Gasteiger partial charge in [0.1, 0.15) is 6.04 Å². The van der Waals surface area contributed by atoms with E-state index in [0.29, 0.717) is 32.2 Å². The van der Waals surface area contributed by atoms with Gasteiger partial charge in [-0.2, -0.15) is 0 Å². The van der Waals surface area contributed by atoms with E-state index in [0.717, 1.165) is 10.5 Å². The molecule has 1 heterocycles. The Morgan fingerprint density at radius 2 is 1.92 bits per heavy atom. The van der Waals surface area contributed by atoms with E-state index in [-0.39, 0.29) is 5.78 Å². The minimum atomic E-state index is -1.11. The molecule has 0 spiro atoms. The van der Waals surface area contributed by atoms with Gasteiger partial charge >= 0.3 is 12.1 Å². The van der Waals surface area contributed by atoms with Crippen molar-refractivity contribution in [3.05, 3.63) is 35.9 Å². The molecule has 0 unspecified atom stereocenters. The normalized spacial score (nSPS) is 19.4. The van der Waals surface area contributed by atoms with E-state index in [1.54, 1.807) is 6.92 Å². The lowest BCUT2D eigenvalue weighted by atomic mass is 10.0. The smallest absolute Gasteiger partial charge is 0.407 e. The van der Waals surface area contributed by atoms with Gasteiger partial charge in [0.15, 0.2) is 5.78 Å². The number of likely N-dealkylation sites (tertiary alicyclic amines) is 1. The van der Waals surface area contributed by atoms with Crippen LogP contribution in [0.1, 0.15) is 31.7 Å². The Bertz CT molecular complexity index is 619. The highest BCUT2D eigenvalue weighted by Crippen LogP contribution is 2.19. The van der Waals surface area contributed by atoms with Crippen molar-refractivity contribution in [2.45, 2.75) is 50.7 Å². The highest BCUT2D eigenvalue weighted by atomic mass is 16.4. The molecule has 3 N–H and O–H groups in total. The van der Waals surface area contributed by atoms with Crippen molar-refractivity contribution in [2.24, 2.45) is 0 Å². The summed E-state index contributed by atoms with van der Waals surface area (Å²) in [5.41, 5.74) is 1.03. The zero-order valence-electron chi connectivity index (χ0n) is 14.2. The number of carboxylic acid groups (broad SMARTS) is 2. The number of carbonyl (C=O) groups is 3. The fourth-order valence-electron chi connectivity index (χ4n) is 3.20. The van der Waals surface area contributed by atoms with Crippen molar-refractivity contribution >= 4 is 17.8 Å². The Balaban J connectivity index is 1.95. The quantitative estimate of drug-likeness (QED) is 0.661. The van der Waals surface area contributed by atoms with Crippen LogP contribution in [0.5, 0.6) is 0 Å². The molecule has 1 aromatic carbocycles. The van der Waals surface area contributed by atoms with Gasteiger partial charge in [0.2, 0.25) is 0 Å². The molecular formula is C18H24N2O5. The molecule has 1 saturated heterocycles. The molecule has 0 saturated carbocycles. The van der Waals surface area contributed by atoms with Gasteiger partial charge in [-0.05, 0) is 38.2 Å². The summed E-state index contributed by atoms with van der Waals surface area (Å²) in [6.45, 7) is 1.94. The van der Waals surface area contributed by atoms with Crippen LogP contribution in [0.25, 0.3) is 0 Å². The monoisotopic (exact) mass is 348 g/mol. The summed E-state index contributed by atoms with van der Waals surface area (Å²) in [4.78, 5) is 36.4. The van der Waals surface area contributed by atoms with E-state index in [2.05, 4.69) is 5.32 Å². The topological polar surface area (TPSA) is 107 Å². The number of Topliss-reactive ketones (excluding diaryl/α,β-unsaturated/α-hetero) is 1. The molecule has 3 atom stereocenters. The van der Waals surface area contributed by atoms with E-state index in [9.17, 15) is 19.5 Å². The third-order valence-corrected chi connectivity index (χ3v) is 4.57. The van der Waals surface area contributed by atoms with Crippen LogP contribution in [0, 0.1) is 0 Å². The zero-order valence-corrected chi connectivity index (χ0v) is 14.2. The number of carboxylic acids is 1. The Hall–Kier alpha value is -2.41. The first-order valence-electron chi connectivity index (χ1n) is 8.46. The summed E-state index contributed by atoms with van der Waals surface area (Å²) < 4.78 is 0. The average Bonchev–Trinajstić information content (AvgIpc) is 3.08. The van der Waals surface area contributed by atoms with Crippen LogP contribution in [0.4, 0.5) is 4.79 Å². The third-order valence-electron chi connectivity index (χ3n) is 4.57. The molecule has 25 heavy (non-hydrogen) atoms. The predicted molar refractivity (Wildman–Crippen MR) is 91.5 cm³/mol. The number of nitrogens with one attached hydrogen (secondary N) is 1. The van der Waals surface area contributed by atoms with E-state index in [4.69, 9.17) is 5.11 Å². The van der Waals surface area contributed by atoms with Gasteiger partial charge in [-0.15, -0.1) is 0 Å². The molecule has 2 rings (SSSR count). The summed E-state index contributed by atoms with van der Waals surface area (Å²) in [5.74, 6) is -1.29. The number of hydrogen-bond acceptors (Lipinski definition) is 4. The summed E-state index contributed by atoms with van der Waals surface area (Å²) >= 11 is 0. The lowest BCUT2D eigenvalue weighted by molar-refractivity contribution is -0.140. The highest BCUT2D eigenvalue weighted by Gasteiger charge is 2.37. The number of nitrogens with zero attached hydrogens (tertiary/aromatic N) is 1. The second-order valence-electron chi connectivity index (χ2n) is 6.34. The van der Waals surface area contributed by atoms with Crippen LogP contribution >= 0.6 is 0 Å². The Labute approximate surface area is 146 Å². The molecule has 0 aliphatic carbocycles. The second kappa shape index (κ2) is 8.62. The minimum absolute atomic E-state index is 0.272. The summed E-state index contributed by atoms with van der Waals surface area (Å²) in [6.07, 6.45) is 0.952. The van der Waals surface area contributed by atoms with Gasteiger partial charge in [-0.3, -0.25) is 19.8 Å². The van der Waals surface area contributed by atoms with E-state index in [1.165, 1.54) is 0 Å². The lowest BCUT2D eigenvalue weighted by Crippen LogP contribution is -2.52. The second-order valence-corrected chi connectivity index (χ2v) is 6.34. The van der Waals surface area contributed by atoms with Gasteiger partial charge in [0.25, 0.3) is 0 Å². The molecule has 1 aliphatic heterocycles. The molecule has 0 aromatic heterocycles. The molecule has 1 aromatic rings. The molecule has 1 fully saturated rings. The summed E-state index contributed by atoms with van der Waals surface area (Å²) in [6, 6.07) is 7.26. The van der Waals surface area contributed by atoms with Crippen LogP contribution in [-0.4, -0.2) is 57.6 Å². The van der Waals surface area contributed by atoms with Crippen molar-refractivity contribution < 1.29 is 24.6 Å². The SMILES string of the molecule is C[C@H](N[C@@H](CCc1ccccc1)C(=O)O)C(=O)[C@H]1CCCN1C(=O)O.